The summed E-state index contributed by atoms with van der Waals surface area (Å²) in [6.45, 7) is 8.56. The van der Waals surface area contributed by atoms with Crippen LogP contribution >= 0.6 is 11.8 Å². The van der Waals surface area contributed by atoms with Crippen LogP contribution < -0.4 is 5.73 Å². The van der Waals surface area contributed by atoms with Gasteiger partial charge >= 0.3 is 0 Å². The lowest BCUT2D eigenvalue weighted by molar-refractivity contribution is 0.318. The van der Waals surface area contributed by atoms with Crippen LogP contribution in [0.2, 0.25) is 0 Å². The van der Waals surface area contributed by atoms with Crippen molar-refractivity contribution in [3.05, 3.63) is 29.3 Å². The van der Waals surface area contributed by atoms with Gasteiger partial charge in [-0.3, -0.25) is 0 Å². The molecular weight excluding hydrogens is 232 g/mol. The third kappa shape index (κ3) is 3.66. The zero-order valence-electron chi connectivity index (χ0n) is 10.8. The van der Waals surface area contributed by atoms with Crippen LogP contribution in [0.25, 0.3) is 0 Å². The molecule has 17 heavy (non-hydrogen) atoms. The minimum Gasteiger partial charge on any atom is -0.409 e. The maximum Gasteiger partial charge on any atom is 0.171 e. The first-order valence-corrected chi connectivity index (χ1v) is 6.59. The lowest BCUT2D eigenvalue weighted by Crippen LogP contribution is -2.15. The van der Waals surface area contributed by atoms with Crippen LogP contribution in [0.3, 0.4) is 0 Å². The molecule has 1 aromatic rings. The van der Waals surface area contributed by atoms with E-state index in [1.807, 2.05) is 25.1 Å². The first-order chi connectivity index (χ1) is 7.95. The number of hydrogen-bond donors (Lipinski definition) is 2. The third-order valence-electron chi connectivity index (χ3n) is 2.77. The van der Waals surface area contributed by atoms with Crippen LogP contribution in [0, 0.1) is 12.8 Å². The van der Waals surface area contributed by atoms with E-state index in [2.05, 4.69) is 25.9 Å². The third-order valence-corrected chi connectivity index (χ3v) is 4.30. The summed E-state index contributed by atoms with van der Waals surface area (Å²) in [7, 11) is 0. The van der Waals surface area contributed by atoms with Crippen molar-refractivity contribution in [1.29, 1.82) is 0 Å². The van der Waals surface area contributed by atoms with Gasteiger partial charge in [0.2, 0.25) is 0 Å². The Balaban J connectivity index is 3.07. The highest BCUT2D eigenvalue weighted by Gasteiger charge is 2.13. The Kier molecular flexibility index (Phi) is 4.87. The van der Waals surface area contributed by atoms with E-state index in [1.54, 1.807) is 11.8 Å². The molecule has 1 unspecified atom stereocenters. The molecule has 0 spiro atoms. The fraction of sp³-hybridized carbons (Fsp3) is 0.462. The second kappa shape index (κ2) is 5.96. The SMILES string of the molecule is Cc1ccc(SC(C)C(C)C)c(/C(N)=N/O)c1. The van der Waals surface area contributed by atoms with Gasteiger partial charge in [-0.15, -0.1) is 11.8 Å². The number of thioether (sulfide) groups is 1. The van der Waals surface area contributed by atoms with Gasteiger partial charge in [-0.2, -0.15) is 0 Å². The standard InChI is InChI=1S/C13H20N2OS/c1-8(2)10(4)17-12-6-5-9(3)7-11(12)13(14)15-16/h5-8,10,16H,1-4H3,(H2,14,15). The summed E-state index contributed by atoms with van der Waals surface area (Å²) in [5.74, 6) is 0.758. The van der Waals surface area contributed by atoms with Crippen LogP contribution in [0.5, 0.6) is 0 Å². The van der Waals surface area contributed by atoms with Gasteiger partial charge in [-0.1, -0.05) is 37.6 Å². The molecule has 1 atom stereocenters. The zero-order valence-corrected chi connectivity index (χ0v) is 11.6. The second-order valence-electron chi connectivity index (χ2n) is 4.55. The maximum atomic E-state index is 8.80. The molecule has 0 bridgehead atoms. The van der Waals surface area contributed by atoms with E-state index in [9.17, 15) is 0 Å². The van der Waals surface area contributed by atoms with Crippen molar-refractivity contribution in [2.75, 3.05) is 0 Å². The van der Waals surface area contributed by atoms with Gasteiger partial charge in [-0.05, 0) is 25.0 Å². The highest BCUT2D eigenvalue weighted by molar-refractivity contribution is 8.00. The van der Waals surface area contributed by atoms with E-state index < -0.39 is 0 Å². The molecule has 0 aliphatic rings. The van der Waals surface area contributed by atoms with E-state index in [1.165, 1.54) is 0 Å². The number of nitrogens with two attached hydrogens (primary N) is 1. The molecule has 0 aliphatic carbocycles. The van der Waals surface area contributed by atoms with Crippen molar-refractivity contribution in [3.8, 4) is 0 Å². The first kappa shape index (κ1) is 13.9. The summed E-state index contributed by atoms with van der Waals surface area (Å²) in [4.78, 5) is 1.06. The lowest BCUT2D eigenvalue weighted by atomic mass is 10.1. The summed E-state index contributed by atoms with van der Waals surface area (Å²) in [6, 6.07) is 6.03. The van der Waals surface area contributed by atoms with Crippen LogP contribution in [0.1, 0.15) is 31.9 Å². The minimum absolute atomic E-state index is 0.173. The minimum atomic E-state index is 0.173. The Bertz CT molecular complexity index is 416. The number of aryl methyl sites for hydroxylation is 1. The Labute approximate surface area is 107 Å². The molecule has 0 radical (unpaired) electrons. The lowest BCUT2D eigenvalue weighted by Gasteiger charge is -2.17. The summed E-state index contributed by atoms with van der Waals surface area (Å²) in [6.07, 6.45) is 0. The molecule has 1 aromatic carbocycles. The molecule has 0 amide bonds. The van der Waals surface area contributed by atoms with E-state index in [0.717, 1.165) is 16.0 Å². The fourth-order valence-corrected chi connectivity index (χ4v) is 2.45. The van der Waals surface area contributed by atoms with Crippen LogP contribution in [0.4, 0.5) is 0 Å². The topological polar surface area (TPSA) is 58.6 Å². The van der Waals surface area contributed by atoms with E-state index in [0.29, 0.717) is 11.2 Å². The van der Waals surface area contributed by atoms with Gasteiger partial charge in [0.25, 0.3) is 0 Å². The highest BCUT2D eigenvalue weighted by Crippen LogP contribution is 2.30. The molecule has 3 N–H and O–H groups in total. The predicted molar refractivity (Wildman–Crippen MR) is 73.8 cm³/mol. The first-order valence-electron chi connectivity index (χ1n) is 5.71. The zero-order chi connectivity index (χ0) is 13.0. The molecule has 0 saturated carbocycles. The van der Waals surface area contributed by atoms with Crippen molar-refractivity contribution in [1.82, 2.24) is 0 Å². The Morgan fingerprint density at radius 2 is 2.00 bits per heavy atom. The van der Waals surface area contributed by atoms with E-state index in [4.69, 9.17) is 10.9 Å². The average Bonchev–Trinajstić information content (AvgIpc) is 2.30. The number of amidine groups is 1. The largest absolute Gasteiger partial charge is 0.409 e. The number of benzene rings is 1. The second-order valence-corrected chi connectivity index (χ2v) is 5.97. The van der Waals surface area contributed by atoms with Gasteiger partial charge in [0.1, 0.15) is 0 Å². The number of rotatable bonds is 4. The molecule has 4 heteroatoms. The quantitative estimate of drug-likeness (QED) is 0.284. The molecule has 94 valence electrons. The smallest absolute Gasteiger partial charge is 0.171 e. The molecule has 0 heterocycles. The summed E-state index contributed by atoms with van der Waals surface area (Å²) < 4.78 is 0. The molecule has 1 rings (SSSR count). The van der Waals surface area contributed by atoms with Gasteiger partial charge in [-0.25, -0.2) is 0 Å². The van der Waals surface area contributed by atoms with Gasteiger partial charge < -0.3 is 10.9 Å². The summed E-state index contributed by atoms with van der Waals surface area (Å²) in [5.41, 5.74) is 7.62. The van der Waals surface area contributed by atoms with Crippen LogP contribution in [-0.2, 0) is 0 Å². The summed E-state index contributed by atoms with van der Waals surface area (Å²) in [5, 5.41) is 12.4. The van der Waals surface area contributed by atoms with Crippen molar-refractivity contribution in [3.63, 3.8) is 0 Å². The van der Waals surface area contributed by atoms with E-state index in [-0.39, 0.29) is 5.84 Å². The van der Waals surface area contributed by atoms with Crippen molar-refractivity contribution in [2.24, 2.45) is 16.8 Å². The normalized spacial score (nSPS) is 14.1. The summed E-state index contributed by atoms with van der Waals surface area (Å²) >= 11 is 1.76. The molecule has 3 nitrogen and oxygen atoms in total. The van der Waals surface area contributed by atoms with Crippen molar-refractivity contribution >= 4 is 17.6 Å². The maximum absolute atomic E-state index is 8.80. The number of oxime groups is 1. The van der Waals surface area contributed by atoms with Crippen LogP contribution in [0.15, 0.2) is 28.3 Å². The molecule has 0 fully saturated rings. The van der Waals surface area contributed by atoms with E-state index >= 15 is 0 Å². The molecule has 0 saturated heterocycles. The number of nitrogens with zero attached hydrogens (tertiary/aromatic N) is 1. The van der Waals surface area contributed by atoms with Gasteiger partial charge in [0.05, 0.1) is 0 Å². The Morgan fingerprint density at radius 3 is 2.53 bits per heavy atom. The van der Waals surface area contributed by atoms with Gasteiger partial charge in [0, 0.05) is 15.7 Å². The fourth-order valence-electron chi connectivity index (χ4n) is 1.34. The average molecular weight is 252 g/mol. The van der Waals surface area contributed by atoms with Crippen LogP contribution in [-0.4, -0.2) is 16.3 Å². The molecular formula is C13H20N2OS. The van der Waals surface area contributed by atoms with Crippen molar-refractivity contribution < 1.29 is 5.21 Å². The Hall–Kier alpha value is -1.16. The van der Waals surface area contributed by atoms with Crippen molar-refractivity contribution in [2.45, 2.75) is 37.8 Å². The molecule has 0 aliphatic heterocycles. The molecule has 0 aromatic heterocycles. The predicted octanol–water partition coefficient (Wildman–Crippen LogP) is 3.23. The Morgan fingerprint density at radius 1 is 1.35 bits per heavy atom. The van der Waals surface area contributed by atoms with Gasteiger partial charge in [0.15, 0.2) is 5.84 Å². The monoisotopic (exact) mass is 252 g/mol. The highest BCUT2D eigenvalue weighted by atomic mass is 32.2. The number of hydrogen-bond acceptors (Lipinski definition) is 3.